The van der Waals surface area contributed by atoms with E-state index in [9.17, 15) is 23.8 Å². The van der Waals surface area contributed by atoms with Gasteiger partial charge >= 0.3 is 25.9 Å². The molecule has 0 amide bonds. The van der Waals surface area contributed by atoms with Crippen LogP contribution in [-0.4, -0.2) is 84.9 Å². The lowest BCUT2D eigenvalue weighted by Crippen LogP contribution is -2.40. The van der Waals surface area contributed by atoms with Crippen LogP contribution in [0.1, 0.15) is 181 Å². The Morgan fingerprint density at radius 3 is 1.14 bits per heavy atom. The van der Waals surface area contributed by atoms with Gasteiger partial charge in [-0.05, 0) is 70.6 Å². The summed E-state index contributed by atoms with van der Waals surface area (Å²) in [5.41, 5.74) is 4.73. The van der Waals surface area contributed by atoms with E-state index in [2.05, 4.69) is 50.3 Å². The summed E-state index contributed by atoms with van der Waals surface area (Å²) in [4.78, 5) is 40.4. The van der Waals surface area contributed by atoms with Crippen LogP contribution in [0.15, 0.2) is 36.5 Å². The van der Waals surface area contributed by atoms with Gasteiger partial charge in [0.1, 0.15) is 6.10 Å². The average Bonchev–Trinajstić information content (AvgIpc) is 3.17. The maximum atomic E-state index is 10.3. The van der Waals surface area contributed by atoms with Gasteiger partial charge in [-0.3, -0.25) is 14.4 Å². The number of unbranched alkanes of at least 4 members (excludes halogenated alkanes) is 19. The number of carbonyl (C=O) groups is 3. The van der Waals surface area contributed by atoms with Gasteiger partial charge in [0.05, 0.1) is 13.2 Å². The molecule has 330 valence electrons. The molecule has 0 saturated carbocycles. The number of allylic oxidation sites excluding steroid dienone is 6. The minimum Gasteiger partial charge on any atom is -0.593 e. The largest absolute Gasteiger partial charge is 0.593 e. The number of rotatable bonds is 34. The van der Waals surface area contributed by atoms with Gasteiger partial charge in [-0.2, -0.15) is 0 Å². The van der Waals surface area contributed by atoms with E-state index in [0.717, 1.165) is 38.5 Å². The highest BCUT2D eigenvalue weighted by molar-refractivity contribution is 7.37. The summed E-state index contributed by atoms with van der Waals surface area (Å²) in [7, 11) is -3.18. The van der Waals surface area contributed by atoms with Crippen molar-refractivity contribution in [3.05, 3.63) is 36.5 Å². The molecule has 14 heteroatoms. The number of nitrogens with two attached hydrogens (primary N) is 1. The second-order valence-electron chi connectivity index (χ2n) is 13.7. The summed E-state index contributed by atoms with van der Waals surface area (Å²) in [5, 5.41) is 57.5. The second-order valence-corrected chi connectivity index (χ2v) is 14.8. The van der Waals surface area contributed by atoms with Crippen LogP contribution in [0.5, 0.6) is 0 Å². The van der Waals surface area contributed by atoms with Crippen LogP contribution >= 0.6 is 8.03 Å². The molecule has 0 aromatic rings. The van der Waals surface area contributed by atoms with E-state index >= 15 is 0 Å². The van der Waals surface area contributed by atoms with Crippen molar-refractivity contribution in [1.82, 2.24) is 0 Å². The number of aliphatic hydroxyl groups excluding tert-OH is 4. The molecule has 0 spiro atoms. The van der Waals surface area contributed by atoms with Crippen molar-refractivity contribution >= 4 is 25.9 Å². The molecule has 9 N–H and O–H groups in total. The Labute approximate surface area is 339 Å². The fourth-order valence-electron chi connectivity index (χ4n) is 4.75. The van der Waals surface area contributed by atoms with E-state index in [1.807, 2.05) is 0 Å². The summed E-state index contributed by atoms with van der Waals surface area (Å²) in [6.07, 6.45) is 42.6. The molecular formula is C42H80NO12P. The van der Waals surface area contributed by atoms with E-state index in [1.165, 1.54) is 116 Å². The molecule has 3 unspecified atom stereocenters. The lowest BCUT2D eigenvalue weighted by atomic mass is 10.1. The van der Waals surface area contributed by atoms with Crippen molar-refractivity contribution in [1.29, 1.82) is 0 Å². The van der Waals surface area contributed by atoms with Gasteiger partial charge in [0.2, 0.25) is 0 Å². The fourth-order valence-corrected chi connectivity index (χ4v) is 5.14. The first-order valence-electron chi connectivity index (χ1n) is 20.9. The molecule has 0 heterocycles. The minimum absolute atomic E-state index is 0.324. The van der Waals surface area contributed by atoms with Gasteiger partial charge in [-0.15, -0.1) is 0 Å². The predicted octanol–water partition coefficient (Wildman–Crippen LogP) is 8.14. The topological polar surface area (TPSA) is 259 Å². The van der Waals surface area contributed by atoms with Crippen LogP contribution in [0.2, 0.25) is 0 Å². The van der Waals surface area contributed by atoms with Gasteiger partial charge in [0, 0.05) is 12.8 Å². The van der Waals surface area contributed by atoms with Crippen LogP contribution < -0.4 is 10.6 Å². The number of aliphatic hydroxyl groups is 4. The van der Waals surface area contributed by atoms with E-state index in [4.69, 9.17) is 41.5 Å². The molecule has 0 saturated heterocycles. The molecule has 0 aromatic carbocycles. The SMILES string of the molecule is CCCCCC=CCC=CCCCCCCCC(=O)O.CCCCCCCCC=CCCCCCCCC(=O)O.NC(C(=O)O)C(O)[P+](=O)[O-].OCC(O)CO. The smallest absolute Gasteiger partial charge is 0.343 e. The molecule has 13 nitrogen and oxygen atoms in total. The Morgan fingerprint density at radius 2 is 0.857 bits per heavy atom. The van der Waals surface area contributed by atoms with E-state index < -0.39 is 43.9 Å². The van der Waals surface area contributed by atoms with Crippen molar-refractivity contribution in [2.24, 2.45) is 5.73 Å². The first kappa shape index (κ1) is 60.2. The number of aliphatic carboxylic acids is 3. The summed E-state index contributed by atoms with van der Waals surface area (Å²) in [5.74, 6) is -4.89. The van der Waals surface area contributed by atoms with E-state index in [-0.39, 0.29) is 13.2 Å². The first-order chi connectivity index (χ1) is 26.8. The summed E-state index contributed by atoms with van der Waals surface area (Å²) >= 11 is 0. The zero-order chi connectivity index (χ0) is 43.1. The van der Waals surface area contributed by atoms with E-state index in [0.29, 0.717) is 12.8 Å². The quantitative estimate of drug-likeness (QED) is 0.0173. The Kier molecular flexibility index (Phi) is 54.3. The lowest BCUT2D eigenvalue weighted by Gasteiger charge is -2.05. The third kappa shape index (κ3) is 58.2. The van der Waals surface area contributed by atoms with Gasteiger partial charge in [-0.25, -0.2) is 0 Å². The van der Waals surface area contributed by atoms with Crippen LogP contribution in [0, 0.1) is 0 Å². The molecule has 0 bridgehead atoms. The van der Waals surface area contributed by atoms with Crippen LogP contribution in [0.25, 0.3) is 0 Å². The Bertz CT molecular complexity index is 955. The van der Waals surface area contributed by atoms with Crippen molar-refractivity contribution in [2.75, 3.05) is 13.2 Å². The number of hydrogen-bond acceptors (Lipinski definition) is 10. The molecule has 0 aromatic heterocycles. The summed E-state index contributed by atoms with van der Waals surface area (Å²) in [6.45, 7) is 3.76. The second kappa shape index (κ2) is 50.5. The summed E-state index contributed by atoms with van der Waals surface area (Å²) < 4.78 is 9.89. The third-order valence-electron chi connectivity index (χ3n) is 8.24. The molecule has 0 aliphatic heterocycles. The summed E-state index contributed by atoms with van der Waals surface area (Å²) in [6, 6.07) is -1.76. The molecule has 0 radical (unpaired) electrons. The number of carboxylic acids is 3. The molecule has 0 aliphatic rings. The maximum Gasteiger partial charge on any atom is 0.343 e. The van der Waals surface area contributed by atoms with Gasteiger partial charge < -0.3 is 46.4 Å². The monoisotopic (exact) mass is 822 g/mol. The van der Waals surface area contributed by atoms with Crippen LogP contribution in [0.4, 0.5) is 0 Å². The van der Waals surface area contributed by atoms with Crippen LogP contribution in [0.3, 0.4) is 0 Å². The maximum absolute atomic E-state index is 10.3. The van der Waals surface area contributed by atoms with Crippen molar-refractivity contribution in [3.63, 3.8) is 0 Å². The molecule has 0 aliphatic carbocycles. The number of carboxylic acid groups (broad SMARTS) is 3. The van der Waals surface area contributed by atoms with Gasteiger partial charge in [-0.1, -0.05) is 138 Å². The first-order valence-corrected chi connectivity index (χ1v) is 22.1. The Hall–Kier alpha value is -2.51. The Morgan fingerprint density at radius 1 is 0.554 bits per heavy atom. The standard InChI is InChI=1S/C18H34O2.C18H32O2.C3H6NO5P.C3H8O3/c2*1-2-3-4-5-6-7-8-9-10-11-12-13-14-15-16-17-18(19)20;4-1(2(5)6)3(7)10(8)9;4-1-3(6)2-5/h9-10H,2-8,11-17H2,1H3,(H,19,20);6-7,9-10H,2-5,8,11-17H2,1H3,(H,19,20);1,3,7H,4H2,(H,5,6);3-6H,1-2H2. The molecular weight excluding hydrogens is 741 g/mol. The molecule has 3 atom stereocenters. The number of hydrogen-bond donors (Lipinski definition) is 8. The Balaban J connectivity index is -0.000000351. The van der Waals surface area contributed by atoms with E-state index in [1.54, 1.807) is 0 Å². The lowest BCUT2D eigenvalue weighted by molar-refractivity contribution is -0.174. The van der Waals surface area contributed by atoms with Crippen molar-refractivity contribution < 1.29 is 59.6 Å². The zero-order valence-electron chi connectivity index (χ0n) is 34.7. The highest BCUT2D eigenvalue weighted by atomic mass is 31.1. The molecule has 0 rings (SSSR count). The molecule has 0 fully saturated rings. The minimum atomic E-state index is -3.18. The highest BCUT2D eigenvalue weighted by Crippen LogP contribution is 2.16. The molecule has 56 heavy (non-hydrogen) atoms. The van der Waals surface area contributed by atoms with Crippen LogP contribution in [-0.2, 0) is 18.9 Å². The predicted molar refractivity (Wildman–Crippen MR) is 223 cm³/mol. The zero-order valence-corrected chi connectivity index (χ0v) is 35.6. The van der Waals surface area contributed by atoms with Gasteiger partial charge in [0.15, 0.2) is 6.04 Å². The van der Waals surface area contributed by atoms with Gasteiger partial charge in [0.25, 0.3) is 5.85 Å². The third-order valence-corrected chi connectivity index (χ3v) is 8.99. The average molecular weight is 822 g/mol. The van der Waals surface area contributed by atoms with Crippen molar-refractivity contribution in [2.45, 2.75) is 199 Å². The van der Waals surface area contributed by atoms with Crippen molar-refractivity contribution in [3.8, 4) is 0 Å². The normalized spacial score (nSPS) is 12.4. The highest BCUT2D eigenvalue weighted by Gasteiger charge is 2.31. The fraction of sp³-hybridized carbons (Fsp3) is 0.786.